The summed E-state index contributed by atoms with van der Waals surface area (Å²) in [5.74, 6) is 0.0480. The lowest BCUT2D eigenvalue weighted by molar-refractivity contribution is -0.856. The number of nitrogens with one attached hydrogen (secondary N) is 3. The van der Waals surface area contributed by atoms with Crippen LogP contribution in [0, 0.1) is 6.92 Å². The molecule has 1 aliphatic heterocycles. The number of likely N-dealkylation sites (N-methyl/N-ethyl adjacent to an activating group) is 1. The van der Waals surface area contributed by atoms with Crippen molar-refractivity contribution in [3.05, 3.63) is 29.8 Å². The van der Waals surface area contributed by atoms with Crippen molar-refractivity contribution in [1.29, 1.82) is 0 Å². The minimum atomic E-state index is -0.204. The highest BCUT2D eigenvalue weighted by Gasteiger charge is 2.31. The second-order valence-electron chi connectivity index (χ2n) is 6.10. The fraction of sp³-hybridized carbons (Fsp3) is 0.500. The molecule has 3 amide bonds. The first-order valence-electron chi connectivity index (χ1n) is 7.66. The summed E-state index contributed by atoms with van der Waals surface area (Å²) in [5, 5.41) is 5.69. The van der Waals surface area contributed by atoms with E-state index in [1.165, 1.54) is 4.90 Å². The summed E-state index contributed by atoms with van der Waals surface area (Å²) < 4.78 is 0. The molecule has 1 aromatic carbocycles. The number of hydrogen-bond acceptors (Lipinski definition) is 2. The Balaban J connectivity index is 1.84. The van der Waals surface area contributed by atoms with Crippen LogP contribution in [0.25, 0.3) is 0 Å². The van der Waals surface area contributed by atoms with Crippen LogP contribution in [0.5, 0.6) is 0 Å². The van der Waals surface area contributed by atoms with Gasteiger partial charge in [0.1, 0.15) is 0 Å². The predicted molar refractivity (Wildman–Crippen MR) is 86.1 cm³/mol. The van der Waals surface area contributed by atoms with Gasteiger partial charge in [0.2, 0.25) is 5.91 Å². The van der Waals surface area contributed by atoms with Crippen LogP contribution in [0.2, 0.25) is 0 Å². The van der Waals surface area contributed by atoms with E-state index in [1.54, 1.807) is 4.90 Å². The van der Waals surface area contributed by atoms with E-state index in [0.717, 1.165) is 17.8 Å². The monoisotopic (exact) mass is 305 g/mol. The van der Waals surface area contributed by atoms with Crippen molar-refractivity contribution in [2.45, 2.75) is 19.4 Å². The van der Waals surface area contributed by atoms with E-state index < -0.39 is 0 Å². The molecule has 22 heavy (non-hydrogen) atoms. The number of carbonyl (C=O) groups excluding carboxylic acids is 2. The minimum Gasteiger partial charge on any atom is -0.338 e. The lowest BCUT2D eigenvalue weighted by Crippen LogP contribution is -3.06. The van der Waals surface area contributed by atoms with Gasteiger partial charge >= 0.3 is 6.03 Å². The number of amides is 3. The lowest BCUT2D eigenvalue weighted by Gasteiger charge is -2.17. The van der Waals surface area contributed by atoms with Gasteiger partial charge in [0.05, 0.1) is 33.2 Å². The first kappa shape index (κ1) is 16.3. The highest BCUT2D eigenvalue weighted by Crippen LogP contribution is 2.21. The van der Waals surface area contributed by atoms with Crippen LogP contribution in [0.4, 0.5) is 10.5 Å². The van der Waals surface area contributed by atoms with E-state index in [1.807, 2.05) is 45.3 Å². The molecule has 0 saturated carbocycles. The van der Waals surface area contributed by atoms with Gasteiger partial charge in [-0.05, 0) is 19.1 Å². The molecule has 1 saturated heterocycles. The van der Waals surface area contributed by atoms with Crippen molar-refractivity contribution in [2.24, 2.45) is 0 Å². The van der Waals surface area contributed by atoms with Crippen LogP contribution in [-0.4, -0.2) is 51.7 Å². The van der Waals surface area contributed by atoms with Crippen LogP contribution >= 0.6 is 0 Å². The minimum absolute atomic E-state index is 0.0480. The number of benzene rings is 1. The summed E-state index contributed by atoms with van der Waals surface area (Å²) >= 11 is 0. The van der Waals surface area contributed by atoms with Gasteiger partial charge in [-0.15, -0.1) is 0 Å². The largest absolute Gasteiger partial charge is 0.338 e. The molecule has 0 aliphatic carbocycles. The standard InChI is InChI=1S/C16H24N4O2/c1-12-4-6-14(7-5-12)20-11-13(10-15(20)21)18-16(22)17-8-9-19(2)3/h4-7,13H,8-11H2,1-3H3,(H2,17,18,22)/p+1/t13-/m1/s1. The molecule has 1 atom stereocenters. The highest BCUT2D eigenvalue weighted by atomic mass is 16.2. The van der Waals surface area contributed by atoms with Crippen molar-refractivity contribution in [1.82, 2.24) is 10.6 Å². The van der Waals surface area contributed by atoms with Gasteiger partial charge in [-0.25, -0.2) is 4.79 Å². The van der Waals surface area contributed by atoms with Crippen LogP contribution in [0.3, 0.4) is 0 Å². The normalized spacial score (nSPS) is 17.9. The first-order valence-corrected chi connectivity index (χ1v) is 7.66. The molecular weight excluding hydrogens is 280 g/mol. The maximum absolute atomic E-state index is 12.1. The Labute approximate surface area is 131 Å². The second kappa shape index (κ2) is 7.26. The van der Waals surface area contributed by atoms with Crippen LogP contribution in [0.15, 0.2) is 24.3 Å². The summed E-state index contributed by atoms with van der Waals surface area (Å²) in [6, 6.07) is 7.51. The smallest absolute Gasteiger partial charge is 0.315 e. The Morgan fingerprint density at radius 3 is 2.64 bits per heavy atom. The molecule has 120 valence electrons. The van der Waals surface area contributed by atoms with Gasteiger partial charge in [-0.1, -0.05) is 17.7 Å². The zero-order valence-electron chi connectivity index (χ0n) is 13.5. The molecule has 1 aliphatic rings. The maximum atomic E-state index is 12.1. The van der Waals surface area contributed by atoms with Crippen molar-refractivity contribution in [3.8, 4) is 0 Å². The molecule has 3 N–H and O–H groups in total. The molecule has 0 unspecified atom stereocenters. The molecule has 0 radical (unpaired) electrons. The molecule has 1 aromatic rings. The average Bonchev–Trinajstić information content (AvgIpc) is 2.80. The third-order valence-corrected chi connectivity index (χ3v) is 3.72. The number of rotatable bonds is 5. The van der Waals surface area contributed by atoms with Crippen LogP contribution < -0.4 is 20.4 Å². The van der Waals surface area contributed by atoms with Gasteiger partial charge in [0.15, 0.2) is 0 Å². The second-order valence-corrected chi connectivity index (χ2v) is 6.10. The summed E-state index contributed by atoms with van der Waals surface area (Å²) in [6.45, 7) is 4.02. The molecule has 0 spiro atoms. The fourth-order valence-corrected chi connectivity index (χ4v) is 2.44. The summed E-state index contributed by atoms with van der Waals surface area (Å²) in [6.07, 6.45) is 0.347. The number of anilines is 1. The van der Waals surface area contributed by atoms with E-state index in [9.17, 15) is 9.59 Å². The molecule has 0 bridgehead atoms. The highest BCUT2D eigenvalue weighted by molar-refractivity contribution is 5.96. The van der Waals surface area contributed by atoms with Crippen LogP contribution in [0.1, 0.15) is 12.0 Å². The number of aryl methyl sites for hydroxylation is 1. The van der Waals surface area contributed by atoms with Gasteiger partial charge in [0, 0.05) is 18.7 Å². The summed E-state index contributed by atoms with van der Waals surface area (Å²) in [7, 11) is 4.07. The van der Waals surface area contributed by atoms with E-state index >= 15 is 0 Å². The number of carbonyl (C=O) groups is 2. The van der Waals surface area contributed by atoms with Gasteiger partial charge in [0.25, 0.3) is 0 Å². The Kier molecular flexibility index (Phi) is 5.38. The van der Waals surface area contributed by atoms with E-state index in [-0.39, 0.29) is 18.0 Å². The van der Waals surface area contributed by atoms with Crippen molar-refractivity contribution >= 4 is 17.6 Å². The van der Waals surface area contributed by atoms with Gasteiger partial charge < -0.3 is 20.4 Å². The number of hydrogen-bond donors (Lipinski definition) is 3. The Morgan fingerprint density at radius 2 is 2.00 bits per heavy atom. The Morgan fingerprint density at radius 1 is 1.32 bits per heavy atom. The van der Waals surface area contributed by atoms with Gasteiger partial charge in [-0.2, -0.15) is 0 Å². The Hall–Kier alpha value is -2.08. The zero-order chi connectivity index (χ0) is 16.1. The van der Waals surface area contributed by atoms with Crippen molar-refractivity contribution < 1.29 is 14.5 Å². The number of quaternary nitrogens is 1. The molecule has 2 rings (SSSR count). The molecule has 6 nitrogen and oxygen atoms in total. The third kappa shape index (κ3) is 4.46. The Bertz CT molecular complexity index is 527. The van der Waals surface area contributed by atoms with E-state index in [0.29, 0.717) is 19.5 Å². The number of urea groups is 1. The average molecular weight is 305 g/mol. The fourth-order valence-electron chi connectivity index (χ4n) is 2.44. The molecular formula is C16H25N4O2+. The summed E-state index contributed by atoms with van der Waals surface area (Å²) in [4.78, 5) is 26.9. The molecule has 1 heterocycles. The SMILES string of the molecule is Cc1ccc(N2C[C@H](NC(=O)NCC[NH+](C)C)CC2=O)cc1. The number of nitrogens with zero attached hydrogens (tertiary/aromatic N) is 1. The van der Waals surface area contributed by atoms with E-state index in [2.05, 4.69) is 10.6 Å². The predicted octanol–water partition coefficient (Wildman–Crippen LogP) is -0.456. The summed E-state index contributed by atoms with van der Waals surface area (Å²) in [5.41, 5.74) is 2.05. The molecule has 6 heteroatoms. The van der Waals surface area contributed by atoms with Gasteiger partial charge in [-0.3, -0.25) is 4.79 Å². The molecule has 0 aromatic heterocycles. The van der Waals surface area contributed by atoms with E-state index in [4.69, 9.17) is 0 Å². The first-order chi connectivity index (χ1) is 10.5. The zero-order valence-corrected chi connectivity index (χ0v) is 13.5. The lowest BCUT2D eigenvalue weighted by atomic mass is 10.2. The van der Waals surface area contributed by atoms with Crippen molar-refractivity contribution in [2.75, 3.05) is 38.6 Å². The van der Waals surface area contributed by atoms with Crippen molar-refractivity contribution in [3.63, 3.8) is 0 Å². The third-order valence-electron chi connectivity index (χ3n) is 3.72. The van der Waals surface area contributed by atoms with Crippen LogP contribution in [-0.2, 0) is 4.79 Å². The maximum Gasteiger partial charge on any atom is 0.315 e. The quantitative estimate of drug-likeness (QED) is 0.689. The molecule has 1 fully saturated rings. The topological polar surface area (TPSA) is 65.9 Å².